The van der Waals surface area contributed by atoms with Crippen molar-refractivity contribution < 1.29 is 29.0 Å². The van der Waals surface area contributed by atoms with Crippen molar-refractivity contribution in [1.82, 2.24) is 0 Å². The van der Waals surface area contributed by atoms with E-state index in [-0.39, 0.29) is 30.1 Å². The summed E-state index contributed by atoms with van der Waals surface area (Å²) < 4.78 is 11.1. The molecule has 1 heterocycles. The standard InChI is InChI=1S/C22H29ClO6/c1-11(24)22(29-12(2)25)8-6-14-17-13(5-7-21(14,22)4)20(3)10-28-16(26)9-15(20)18(23)19(17)27/h9,13-14,17-19,27H,5-8,10H2,1-4H3/t13-,14-,17+,18-,19-,20+,21-,22-/m0/s1. The number of halogens is 1. The Hall–Kier alpha value is -1.40. The lowest BCUT2D eigenvalue weighted by molar-refractivity contribution is -0.193. The van der Waals surface area contributed by atoms with Crippen LogP contribution in [0, 0.1) is 28.6 Å². The van der Waals surface area contributed by atoms with Crippen molar-refractivity contribution in [2.45, 2.75) is 70.5 Å². The molecule has 4 rings (SSSR count). The van der Waals surface area contributed by atoms with Crippen LogP contribution in [0.1, 0.15) is 53.4 Å². The normalized spacial score (nSPS) is 48.6. The highest BCUT2D eigenvalue weighted by atomic mass is 35.5. The molecule has 0 bridgehead atoms. The number of fused-ring (bicyclic) bond motifs is 5. The number of ketones is 1. The first-order chi connectivity index (χ1) is 13.5. The van der Waals surface area contributed by atoms with E-state index in [1.807, 2.05) is 6.92 Å². The molecule has 4 aliphatic rings. The number of esters is 2. The number of carbonyl (C=O) groups excluding carboxylic acids is 3. The number of rotatable bonds is 2. The second kappa shape index (κ2) is 6.55. The minimum atomic E-state index is -1.16. The molecule has 3 aliphatic carbocycles. The van der Waals surface area contributed by atoms with Crippen LogP contribution in [0.3, 0.4) is 0 Å². The van der Waals surface area contributed by atoms with E-state index in [0.29, 0.717) is 19.3 Å². The van der Waals surface area contributed by atoms with Crippen molar-refractivity contribution in [3.05, 3.63) is 11.6 Å². The van der Waals surface area contributed by atoms with Gasteiger partial charge in [0.15, 0.2) is 11.4 Å². The quantitative estimate of drug-likeness (QED) is 0.541. The summed E-state index contributed by atoms with van der Waals surface area (Å²) in [4.78, 5) is 36.5. The number of aliphatic hydroxyl groups excluding tert-OH is 1. The van der Waals surface area contributed by atoms with Gasteiger partial charge in [-0.3, -0.25) is 9.59 Å². The first-order valence-electron chi connectivity index (χ1n) is 10.4. The Morgan fingerprint density at radius 2 is 1.86 bits per heavy atom. The summed E-state index contributed by atoms with van der Waals surface area (Å²) >= 11 is 6.69. The van der Waals surface area contributed by atoms with Gasteiger partial charge in [-0.2, -0.15) is 0 Å². The molecule has 6 nitrogen and oxygen atoms in total. The molecular weight excluding hydrogens is 396 g/mol. The molecule has 0 aromatic rings. The Morgan fingerprint density at radius 1 is 1.21 bits per heavy atom. The highest BCUT2D eigenvalue weighted by Crippen LogP contribution is 2.68. The molecule has 0 unspecified atom stereocenters. The van der Waals surface area contributed by atoms with Crippen molar-refractivity contribution in [2.24, 2.45) is 28.6 Å². The maximum Gasteiger partial charge on any atom is 0.330 e. The van der Waals surface area contributed by atoms with Gasteiger partial charge in [-0.1, -0.05) is 13.8 Å². The second-order valence-electron chi connectivity index (χ2n) is 9.78. The van der Waals surface area contributed by atoms with Gasteiger partial charge in [-0.15, -0.1) is 11.6 Å². The maximum absolute atomic E-state index is 12.8. The summed E-state index contributed by atoms with van der Waals surface area (Å²) in [5.41, 5.74) is -1.41. The minimum absolute atomic E-state index is 0.0169. The van der Waals surface area contributed by atoms with Crippen LogP contribution in [0.2, 0.25) is 0 Å². The Kier molecular flexibility index (Phi) is 4.71. The molecule has 0 radical (unpaired) electrons. The predicted molar refractivity (Wildman–Crippen MR) is 105 cm³/mol. The SMILES string of the molecule is CC(=O)O[C@]1(C(C)=O)CC[C@H]2[C@@H]3[C@H](O)[C@@H](Cl)C4=CC(=O)OC[C@]4(C)[C@H]3CC[C@@]21C. The lowest BCUT2D eigenvalue weighted by atomic mass is 9.46. The molecule has 3 fully saturated rings. The summed E-state index contributed by atoms with van der Waals surface area (Å²) in [7, 11) is 0. The van der Waals surface area contributed by atoms with Crippen LogP contribution in [-0.2, 0) is 23.9 Å². The van der Waals surface area contributed by atoms with Crippen molar-refractivity contribution >= 4 is 29.3 Å². The van der Waals surface area contributed by atoms with Gasteiger partial charge in [-0.25, -0.2) is 4.79 Å². The highest BCUT2D eigenvalue weighted by Gasteiger charge is 2.70. The number of Topliss-reactive ketones (excluding diaryl/α,β-unsaturated/α-hetero) is 1. The van der Waals surface area contributed by atoms with E-state index < -0.39 is 39.9 Å². The molecule has 29 heavy (non-hydrogen) atoms. The Bertz CT molecular complexity index is 807. The van der Waals surface area contributed by atoms with E-state index in [1.54, 1.807) is 0 Å². The number of alkyl halides is 1. The number of hydrogen-bond acceptors (Lipinski definition) is 6. The molecule has 1 aliphatic heterocycles. The Morgan fingerprint density at radius 3 is 2.48 bits per heavy atom. The number of aliphatic hydroxyl groups is 1. The van der Waals surface area contributed by atoms with Crippen LogP contribution in [0.25, 0.3) is 0 Å². The van der Waals surface area contributed by atoms with Crippen LogP contribution in [0.5, 0.6) is 0 Å². The van der Waals surface area contributed by atoms with E-state index in [0.717, 1.165) is 12.0 Å². The fourth-order valence-corrected chi connectivity index (χ4v) is 7.69. The van der Waals surface area contributed by atoms with Crippen molar-refractivity contribution in [1.29, 1.82) is 0 Å². The van der Waals surface area contributed by atoms with Gasteiger partial charge in [0.2, 0.25) is 0 Å². The van der Waals surface area contributed by atoms with Crippen molar-refractivity contribution in [2.75, 3.05) is 6.61 Å². The zero-order valence-electron chi connectivity index (χ0n) is 17.4. The van der Waals surface area contributed by atoms with Gasteiger partial charge in [0.25, 0.3) is 0 Å². The second-order valence-corrected chi connectivity index (χ2v) is 10.2. The van der Waals surface area contributed by atoms with Gasteiger partial charge in [-0.05, 0) is 55.9 Å². The maximum atomic E-state index is 12.8. The van der Waals surface area contributed by atoms with E-state index in [2.05, 4.69) is 6.92 Å². The molecule has 0 amide bonds. The first-order valence-corrected chi connectivity index (χ1v) is 10.8. The zero-order chi connectivity index (χ0) is 21.4. The summed E-state index contributed by atoms with van der Waals surface area (Å²) in [5, 5.41) is 10.6. The van der Waals surface area contributed by atoms with Crippen LogP contribution in [-0.4, -0.2) is 46.5 Å². The lowest BCUT2D eigenvalue weighted by Gasteiger charge is -2.60. The third-order valence-corrected chi connectivity index (χ3v) is 9.09. The topological polar surface area (TPSA) is 89.9 Å². The van der Waals surface area contributed by atoms with Gasteiger partial charge in [0, 0.05) is 23.8 Å². The number of ether oxygens (including phenoxy) is 2. The number of hydrogen-bond donors (Lipinski definition) is 1. The average Bonchev–Trinajstić information content (AvgIpc) is 2.94. The minimum Gasteiger partial charge on any atom is -0.462 e. The molecule has 0 aromatic heterocycles. The largest absolute Gasteiger partial charge is 0.462 e. The molecule has 0 aromatic carbocycles. The lowest BCUT2D eigenvalue weighted by Crippen LogP contribution is -2.63. The summed E-state index contributed by atoms with van der Waals surface area (Å²) in [6, 6.07) is 0. The molecule has 8 atom stereocenters. The Balaban J connectivity index is 1.78. The van der Waals surface area contributed by atoms with Crippen LogP contribution >= 0.6 is 11.6 Å². The van der Waals surface area contributed by atoms with Gasteiger partial charge >= 0.3 is 11.9 Å². The van der Waals surface area contributed by atoms with Crippen LogP contribution in [0.15, 0.2) is 11.6 Å². The fourth-order valence-electron chi connectivity index (χ4n) is 7.21. The average molecular weight is 425 g/mol. The van der Waals surface area contributed by atoms with E-state index >= 15 is 0 Å². The van der Waals surface area contributed by atoms with Crippen molar-refractivity contribution in [3.8, 4) is 0 Å². The molecule has 0 saturated heterocycles. The van der Waals surface area contributed by atoms with E-state index in [1.165, 1.54) is 19.9 Å². The van der Waals surface area contributed by atoms with E-state index in [4.69, 9.17) is 21.1 Å². The fraction of sp³-hybridized carbons (Fsp3) is 0.773. The molecule has 3 saturated carbocycles. The van der Waals surface area contributed by atoms with Crippen LogP contribution < -0.4 is 0 Å². The smallest absolute Gasteiger partial charge is 0.330 e. The molecule has 160 valence electrons. The zero-order valence-corrected chi connectivity index (χ0v) is 18.1. The summed E-state index contributed by atoms with van der Waals surface area (Å²) in [5.74, 6) is -1.11. The van der Waals surface area contributed by atoms with Crippen molar-refractivity contribution in [3.63, 3.8) is 0 Å². The first kappa shape index (κ1) is 20.9. The van der Waals surface area contributed by atoms with Gasteiger partial charge < -0.3 is 14.6 Å². The third-order valence-electron chi connectivity index (χ3n) is 8.60. The number of cyclic esters (lactones) is 1. The molecule has 0 spiro atoms. The molecular formula is C22H29ClO6. The van der Waals surface area contributed by atoms with Crippen LogP contribution in [0.4, 0.5) is 0 Å². The predicted octanol–water partition coefficient (Wildman–Crippen LogP) is 2.79. The molecule has 1 N–H and O–H groups in total. The summed E-state index contributed by atoms with van der Waals surface area (Å²) in [6.07, 6.45) is 3.18. The molecule has 7 heteroatoms. The third kappa shape index (κ3) is 2.61. The van der Waals surface area contributed by atoms with Gasteiger partial charge in [0.05, 0.1) is 11.5 Å². The highest BCUT2D eigenvalue weighted by molar-refractivity contribution is 6.23. The van der Waals surface area contributed by atoms with Gasteiger partial charge in [0.1, 0.15) is 6.61 Å². The Labute approximate surface area is 175 Å². The monoisotopic (exact) mass is 424 g/mol. The summed E-state index contributed by atoms with van der Waals surface area (Å²) in [6.45, 7) is 7.17. The van der Waals surface area contributed by atoms with E-state index in [9.17, 15) is 19.5 Å². The number of carbonyl (C=O) groups is 3.